The lowest BCUT2D eigenvalue weighted by Crippen LogP contribution is -2.36. The van der Waals surface area contributed by atoms with Gasteiger partial charge < -0.3 is 5.43 Å². The van der Waals surface area contributed by atoms with Crippen LogP contribution in [0.25, 0.3) is 0 Å². The molecule has 2 N–H and O–H groups in total. The predicted molar refractivity (Wildman–Crippen MR) is 67.0 cm³/mol. The van der Waals surface area contributed by atoms with Gasteiger partial charge in [0, 0.05) is 10.2 Å². The zero-order valence-electron chi connectivity index (χ0n) is 8.83. The Labute approximate surface area is 104 Å². The minimum absolute atomic E-state index is 0.201. The van der Waals surface area contributed by atoms with Gasteiger partial charge in [-0.15, -0.1) is 4.83 Å². The lowest BCUT2D eigenvalue weighted by atomic mass is 10.4. The van der Waals surface area contributed by atoms with Gasteiger partial charge in [-0.25, -0.2) is 8.42 Å². The van der Waals surface area contributed by atoms with Crippen LogP contribution in [0.3, 0.4) is 0 Å². The molecule has 0 fully saturated rings. The van der Waals surface area contributed by atoms with Crippen molar-refractivity contribution in [1.29, 1.82) is 0 Å². The molecule has 0 amide bonds. The van der Waals surface area contributed by atoms with Crippen molar-refractivity contribution in [2.75, 3.05) is 0 Å². The van der Waals surface area contributed by atoms with Crippen molar-refractivity contribution in [2.45, 2.75) is 18.2 Å². The van der Waals surface area contributed by atoms with E-state index in [0.717, 1.165) is 4.47 Å². The highest BCUT2D eigenvalue weighted by molar-refractivity contribution is 9.10. The Balaban J connectivity index is 2.78. The highest BCUT2D eigenvalue weighted by atomic mass is 79.9. The first-order chi connectivity index (χ1) is 7.45. The number of allylic oxidation sites excluding steroid dienone is 1. The largest absolute Gasteiger partial charge is 0.313 e. The van der Waals surface area contributed by atoms with E-state index in [2.05, 4.69) is 32.8 Å². The Hall–Kier alpha value is -0.850. The zero-order valence-corrected chi connectivity index (χ0v) is 11.2. The first-order valence-electron chi connectivity index (χ1n) is 4.67. The summed E-state index contributed by atoms with van der Waals surface area (Å²) in [5, 5.41) is 0. The van der Waals surface area contributed by atoms with Crippen molar-refractivity contribution in [3.63, 3.8) is 0 Å². The Morgan fingerprint density at radius 1 is 1.38 bits per heavy atom. The van der Waals surface area contributed by atoms with Crippen molar-refractivity contribution >= 4 is 26.0 Å². The molecule has 4 nitrogen and oxygen atoms in total. The first kappa shape index (κ1) is 13.2. The summed E-state index contributed by atoms with van der Waals surface area (Å²) in [7, 11) is -3.52. The van der Waals surface area contributed by atoms with Gasteiger partial charge in [-0.3, -0.25) is 0 Å². The predicted octanol–water partition coefficient (Wildman–Crippen LogP) is 2.16. The molecule has 0 bridgehead atoms. The summed E-state index contributed by atoms with van der Waals surface area (Å²) >= 11 is 3.24. The van der Waals surface area contributed by atoms with Crippen molar-refractivity contribution in [3.8, 4) is 0 Å². The summed E-state index contributed by atoms with van der Waals surface area (Å²) < 4.78 is 24.3. The van der Waals surface area contributed by atoms with Crippen LogP contribution in [0.1, 0.15) is 13.3 Å². The summed E-state index contributed by atoms with van der Waals surface area (Å²) in [6.07, 6.45) is 0.656. The molecule has 0 heterocycles. The van der Waals surface area contributed by atoms with Gasteiger partial charge in [-0.2, -0.15) is 0 Å². The van der Waals surface area contributed by atoms with Crippen LogP contribution in [0.4, 0.5) is 0 Å². The lowest BCUT2D eigenvalue weighted by Gasteiger charge is -2.10. The maximum absolute atomic E-state index is 11.7. The molecule has 0 aliphatic rings. The molecular weight excluding hydrogens is 292 g/mol. The monoisotopic (exact) mass is 304 g/mol. The van der Waals surface area contributed by atoms with E-state index < -0.39 is 10.0 Å². The van der Waals surface area contributed by atoms with Crippen LogP contribution in [-0.2, 0) is 10.0 Å². The topological polar surface area (TPSA) is 58.2 Å². The number of benzene rings is 1. The van der Waals surface area contributed by atoms with Crippen molar-refractivity contribution in [2.24, 2.45) is 0 Å². The number of rotatable bonds is 5. The van der Waals surface area contributed by atoms with E-state index in [1.165, 1.54) is 12.1 Å². The molecule has 1 aromatic carbocycles. The van der Waals surface area contributed by atoms with Crippen molar-refractivity contribution < 1.29 is 8.42 Å². The fourth-order valence-electron chi connectivity index (χ4n) is 0.900. The van der Waals surface area contributed by atoms with Crippen LogP contribution in [0.5, 0.6) is 0 Å². The van der Waals surface area contributed by atoms with Crippen LogP contribution in [0.2, 0.25) is 0 Å². The van der Waals surface area contributed by atoms with Gasteiger partial charge in [0.25, 0.3) is 10.0 Å². The van der Waals surface area contributed by atoms with E-state index in [4.69, 9.17) is 0 Å². The van der Waals surface area contributed by atoms with Gasteiger partial charge >= 0.3 is 0 Å². The molecule has 1 aromatic rings. The summed E-state index contributed by atoms with van der Waals surface area (Å²) in [6.45, 7) is 5.52. The number of hydrogen-bond acceptors (Lipinski definition) is 3. The molecule has 1 rings (SSSR count). The summed E-state index contributed by atoms with van der Waals surface area (Å²) in [4.78, 5) is 2.45. The molecule has 0 aromatic heterocycles. The van der Waals surface area contributed by atoms with Crippen LogP contribution in [0.15, 0.2) is 45.9 Å². The molecule has 0 aliphatic carbocycles. The third-order valence-corrected chi connectivity index (χ3v) is 3.71. The van der Waals surface area contributed by atoms with Crippen LogP contribution < -0.4 is 10.3 Å². The molecule has 0 radical (unpaired) electrons. The van der Waals surface area contributed by atoms with Gasteiger partial charge in [0.05, 0.1) is 4.90 Å². The zero-order chi connectivity index (χ0) is 12.2. The number of halogens is 1. The first-order valence-corrected chi connectivity index (χ1v) is 6.94. The van der Waals surface area contributed by atoms with Gasteiger partial charge in [-0.1, -0.05) is 29.4 Å². The molecule has 6 heteroatoms. The standard InChI is InChI=1S/C10H13BrN2O2S/c1-3-8(2)12-13-16(14,15)10-6-4-9(11)5-7-10/h4-7,12-13H,2-3H2,1H3. The smallest absolute Gasteiger partial charge is 0.257 e. The van der Waals surface area contributed by atoms with Crippen LogP contribution in [0, 0.1) is 0 Å². The maximum Gasteiger partial charge on any atom is 0.257 e. The minimum atomic E-state index is -3.52. The van der Waals surface area contributed by atoms with E-state index in [1.54, 1.807) is 12.1 Å². The molecule has 0 unspecified atom stereocenters. The van der Waals surface area contributed by atoms with E-state index in [0.29, 0.717) is 12.1 Å². The van der Waals surface area contributed by atoms with Gasteiger partial charge in [0.2, 0.25) is 0 Å². The highest BCUT2D eigenvalue weighted by Crippen LogP contribution is 2.14. The molecule has 0 aliphatic heterocycles. The number of hydrogen-bond donors (Lipinski definition) is 2. The Morgan fingerprint density at radius 2 is 1.94 bits per heavy atom. The second-order valence-corrected chi connectivity index (χ2v) is 5.74. The van der Waals surface area contributed by atoms with Crippen molar-refractivity contribution in [1.82, 2.24) is 10.3 Å². The third kappa shape index (κ3) is 3.62. The SMILES string of the molecule is C=C(CC)NNS(=O)(=O)c1ccc(Br)cc1. The fourth-order valence-corrected chi connectivity index (χ4v) is 2.06. The molecule has 0 saturated heterocycles. The molecule has 88 valence electrons. The summed E-state index contributed by atoms with van der Waals surface area (Å²) in [6, 6.07) is 6.37. The van der Waals surface area contributed by atoms with Gasteiger partial charge in [-0.05, 0) is 30.7 Å². The second-order valence-electron chi connectivity index (χ2n) is 3.14. The Morgan fingerprint density at radius 3 is 2.44 bits per heavy atom. The summed E-state index contributed by atoms with van der Waals surface area (Å²) in [5.41, 5.74) is 3.15. The lowest BCUT2D eigenvalue weighted by molar-refractivity contribution is 0.569. The number of hydrazine groups is 1. The normalized spacial score (nSPS) is 11.1. The Bertz CT molecular complexity index is 468. The van der Waals surface area contributed by atoms with E-state index in [-0.39, 0.29) is 4.90 Å². The molecular formula is C10H13BrN2O2S. The number of nitrogens with one attached hydrogen (secondary N) is 2. The molecule has 0 spiro atoms. The Kier molecular flexibility index (Phi) is 4.52. The summed E-state index contributed by atoms with van der Waals surface area (Å²) in [5.74, 6) is 0. The quantitative estimate of drug-likeness (QED) is 0.820. The maximum atomic E-state index is 11.7. The van der Waals surface area contributed by atoms with Gasteiger partial charge in [0.15, 0.2) is 0 Å². The fraction of sp³-hybridized carbons (Fsp3) is 0.200. The molecule has 0 saturated carbocycles. The third-order valence-electron chi connectivity index (χ3n) is 1.91. The van der Waals surface area contributed by atoms with Crippen LogP contribution in [-0.4, -0.2) is 8.42 Å². The van der Waals surface area contributed by atoms with Crippen molar-refractivity contribution in [3.05, 3.63) is 41.0 Å². The minimum Gasteiger partial charge on any atom is -0.313 e. The van der Waals surface area contributed by atoms with E-state index >= 15 is 0 Å². The molecule has 16 heavy (non-hydrogen) atoms. The van der Waals surface area contributed by atoms with E-state index in [1.807, 2.05) is 6.92 Å². The van der Waals surface area contributed by atoms with Gasteiger partial charge in [0.1, 0.15) is 0 Å². The highest BCUT2D eigenvalue weighted by Gasteiger charge is 2.12. The second kappa shape index (κ2) is 5.47. The van der Waals surface area contributed by atoms with E-state index in [9.17, 15) is 8.42 Å². The number of sulfonamides is 1. The average molecular weight is 305 g/mol. The molecule has 0 atom stereocenters. The average Bonchev–Trinajstić information content (AvgIpc) is 2.26. The van der Waals surface area contributed by atoms with Crippen LogP contribution >= 0.6 is 15.9 Å².